The van der Waals surface area contributed by atoms with Crippen LogP contribution in [0.5, 0.6) is 0 Å². The van der Waals surface area contributed by atoms with Crippen LogP contribution in [0.1, 0.15) is 10.4 Å². The first kappa shape index (κ1) is 9.45. The maximum absolute atomic E-state index is 11.2. The van der Waals surface area contributed by atoms with Gasteiger partial charge in [-0.3, -0.25) is 9.36 Å². The van der Waals surface area contributed by atoms with Gasteiger partial charge in [-0.25, -0.2) is 4.79 Å². The summed E-state index contributed by atoms with van der Waals surface area (Å²) in [5.74, 6) is -0.379. The SMILES string of the molecule is COC(=O)c1ccc2c(ccn2C=O)c1. The van der Waals surface area contributed by atoms with E-state index in [1.54, 1.807) is 30.5 Å². The summed E-state index contributed by atoms with van der Waals surface area (Å²) >= 11 is 0. The molecule has 0 unspecified atom stereocenters. The van der Waals surface area contributed by atoms with E-state index in [1.807, 2.05) is 0 Å². The van der Waals surface area contributed by atoms with Crippen molar-refractivity contribution < 1.29 is 14.3 Å². The molecule has 0 aliphatic rings. The van der Waals surface area contributed by atoms with Crippen molar-refractivity contribution in [2.45, 2.75) is 0 Å². The molecule has 0 aliphatic carbocycles. The van der Waals surface area contributed by atoms with E-state index in [0.717, 1.165) is 17.3 Å². The van der Waals surface area contributed by atoms with Crippen LogP contribution >= 0.6 is 0 Å². The molecule has 0 saturated carbocycles. The minimum atomic E-state index is -0.379. The Labute approximate surface area is 86.1 Å². The third kappa shape index (κ3) is 1.50. The van der Waals surface area contributed by atoms with Crippen LogP contribution in [0.2, 0.25) is 0 Å². The topological polar surface area (TPSA) is 48.3 Å². The molecule has 0 amide bonds. The molecule has 0 atom stereocenters. The maximum Gasteiger partial charge on any atom is 0.337 e. The molecular formula is C11H9NO3. The fourth-order valence-corrected chi connectivity index (χ4v) is 1.50. The molecule has 0 spiro atoms. The summed E-state index contributed by atoms with van der Waals surface area (Å²) in [7, 11) is 1.34. The summed E-state index contributed by atoms with van der Waals surface area (Å²) in [6, 6.07) is 6.82. The lowest BCUT2D eigenvalue weighted by atomic mass is 10.1. The molecule has 2 aromatic rings. The molecule has 0 N–H and O–H groups in total. The van der Waals surface area contributed by atoms with Crippen molar-refractivity contribution in [3.05, 3.63) is 36.0 Å². The summed E-state index contributed by atoms with van der Waals surface area (Å²) in [5.41, 5.74) is 1.26. The Morgan fingerprint density at radius 1 is 1.40 bits per heavy atom. The van der Waals surface area contributed by atoms with Crippen molar-refractivity contribution in [1.82, 2.24) is 4.57 Å². The van der Waals surface area contributed by atoms with Crippen LogP contribution < -0.4 is 0 Å². The van der Waals surface area contributed by atoms with Crippen molar-refractivity contribution in [3.8, 4) is 0 Å². The Kier molecular flexibility index (Phi) is 2.25. The zero-order valence-corrected chi connectivity index (χ0v) is 8.14. The number of ether oxygens (including phenoxy) is 1. The maximum atomic E-state index is 11.2. The van der Waals surface area contributed by atoms with Gasteiger partial charge in [-0.15, -0.1) is 0 Å². The molecule has 0 saturated heterocycles. The van der Waals surface area contributed by atoms with Crippen LogP contribution in [0.4, 0.5) is 0 Å². The second kappa shape index (κ2) is 3.57. The van der Waals surface area contributed by atoms with Crippen LogP contribution in [0.15, 0.2) is 30.5 Å². The minimum Gasteiger partial charge on any atom is -0.465 e. The molecule has 76 valence electrons. The second-order valence-electron chi connectivity index (χ2n) is 3.09. The number of hydrogen-bond donors (Lipinski definition) is 0. The highest BCUT2D eigenvalue weighted by atomic mass is 16.5. The molecule has 4 nitrogen and oxygen atoms in total. The summed E-state index contributed by atoms with van der Waals surface area (Å²) < 4.78 is 6.06. The largest absolute Gasteiger partial charge is 0.465 e. The number of nitrogens with zero attached hydrogens (tertiary/aromatic N) is 1. The molecule has 1 aromatic carbocycles. The van der Waals surface area contributed by atoms with Gasteiger partial charge in [0.2, 0.25) is 6.41 Å². The monoisotopic (exact) mass is 203 g/mol. The number of esters is 1. The van der Waals surface area contributed by atoms with Gasteiger partial charge in [-0.1, -0.05) is 0 Å². The highest BCUT2D eigenvalue weighted by Gasteiger charge is 2.07. The first-order chi connectivity index (χ1) is 7.26. The highest BCUT2D eigenvalue weighted by molar-refractivity contribution is 5.95. The predicted octanol–water partition coefficient (Wildman–Crippen LogP) is 1.47. The first-order valence-electron chi connectivity index (χ1n) is 4.40. The number of methoxy groups -OCH3 is 1. The molecule has 1 aromatic heterocycles. The molecule has 15 heavy (non-hydrogen) atoms. The fraction of sp³-hybridized carbons (Fsp3) is 0.0909. The van der Waals surface area contributed by atoms with Crippen molar-refractivity contribution in [2.24, 2.45) is 0 Å². The van der Waals surface area contributed by atoms with E-state index in [9.17, 15) is 9.59 Å². The van der Waals surface area contributed by atoms with E-state index in [2.05, 4.69) is 4.74 Å². The minimum absolute atomic E-state index is 0.379. The van der Waals surface area contributed by atoms with Gasteiger partial charge in [0, 0.05) is 11.6 Å². The van der Waals surface area contributed by atoms with Crippen LogP contribution in [0, 0.1) is 0 Å². The van der Waals surface area contributed by atoms with Crippen LogP contribution in [-0.2, 0) is 9.53 Å². The summed E-state index contributed by atoms with van der Waals surface area (Å²) in [6.45, 7) is 0. The third-order valence-corrected chi connectivity index (χ3v) is 2.26. The van der Waals surface area contributed by atoms with Gasteiger partial charge in [0.05, 0.1) is 18.2 Å². The Morgan fingerprint density at radius 2 is 2.20 bits per heavy atom. The number of aromatic nitrogens is 1. The number of hydrogen-bond acceptors (Lipinski definition) is 3. The Bertz CT molecular complexity index is 528. The smallest absolute Gasteiger partial charge is 0.337 e. The summed E-state index contributed by atoms with van der Waals surface area (Å²) in [5, 5.41) is 0.838. The molecule has 4 heteroatoms. The fourth-order valence-electron chi connectivity index (χ4n) is 1.50. The number of carbonyl (C=O) groups is 2. The lowest BCUT2D eigenvalue weighted by molar-refractivity contribution is 0.0601. The van der Waals surface area contributed by atoms with Crippen molar-refractivity contribution >= 4 is 23.3 Å². The van der Waals surface area contributed by atoms with Gasteiger partial charge in [0.1, 0.15) is 0 Å². The normalized spacial score (nSPS) is 10.2. The van der Waals surface area contributed by atoms with Crippen molar-refractivity contribution in [1.29, 1.82) is 0 Å². The van der Waals surface area contributed by atoms with Crippen LogP contribution in [0.3, 0.4) is 0 Å². The van der Waals surface area contributed by atoms with Gasteiger partial charge in [0.15, 0.2) is 0 Å². The van der Waals surface area contributed by atoms with E-state index in [-0.39, 0.29) is 5.97 Å². The molecule has 0 aliphatic heterocycles. The van der Waals surface area contributed by atoms with Crippen LogP contribution in [-0.4, -0.2) is 24.1 Å². The van der Waals surface area contributed by atoms with Crippen molar-refractivity contribution in [3.63, 3.8) is 0 Å². The number of benzene rings is 1. The molecule has 0 bridgehead atoms. The zero-order valence-electron chi connectivity index (χ0n) is 8.14. The predicted molar refractivity (Wildman–Crippen MR) is 55.4 cm³/mol. The van der Waals surface area contributed by atoms with Gasteiger partial charge in [-0.2, -0.15) is 0 Å². The van der Waals surface area contributed by atoms with Gasteiger partial charge >= 0.3 is 5.97 Å². The first-order valence-corrected chi connectivity index (χ1v) is 4.40. The lowest BCUT2D eigenvalue weighted by Crippen LogP contribution is -2.00. The number of rotatable bonds is 2. The average Bonchev–Trinajstić information content (AvgIpc) is 2.69. The lowest BCUT2D eigenvalue weighted by Gasteiger charge is -1.99. The Hall–Kier alpha value is -2.10. The number of fused-ring (bicyclic) bond motifs is 1. The Morgan fingerprint density at radius 3 is 2.87 bits per heavy atom. The quantitative estimate of drug-likeness (QED) is 0.548. The average molecular weight is 203 g/mol. The van der Waals surface area contributed by atoms with Gasteiger partial charge in [0.25, 0.3) is 0 Å². The van der Waals surface area contributed by atoms with Gasteiger partial charge in [-0.05, 0) is 24.3 Å². The highest BCUT2D eigenvalue weighted by Crippen LogP contribution is 2.17. The molecule has 0 fully saturated rings. The Balaban J connectivity index is 2.58. The van der Waals surface area contributed by atoms with Gasteiger partial charge < -0.3 is 4.74 Å². The third-order valence-electron chi connectivity index (χ3n) is 2.26. The number of carbonyl (C=O) groups excluding carboxylic acids is 2. The van der Waals surface area contributed by atoms with E-state index >= 15 is 0 Å². The van der Waals surface area contributed by atoms with E-state index < -0.39 is 0 Å². The van der Waals surface area contributed by atoms with E-state index in [1.165, 1.54) is 11.7 Å². The molecule has 2 rings (SSSR count). The molecule has 0 radical (unpaired) electrons. The molecule has 1 heterocycles. The second-order valence-corrected chi connectivity index (χ2v) is 3.09. The summed E-state index contributed by atoms with van der Waals surface area (Å²) in [4.78, 5) is 21.9. The standard InChI is InChI=1S/C11H9NO3/c1-15-11(14)9-2-3-10-8(6-9)4-5-12(10)7-13/h2-7H,1H3. The van der Waals surface area contributed by atoms with E-state index in [0.29, 0.717) is 5.56 Å². The van der Waals surface area contributed by atoms with Crippen molar-refractivity contribution in [2.75, 3.05) is 7.11 Å². The zero-order chi connectivity index (χ0) is 10.8. The molecular weight excluding hydrogens is 194 g/mol. The van der Waals surface area contributed by atoms with E-state index in [4.69, 9.17) is 0 Å². The summed E-state index contributed by atoms with van der Waals surface area (Å²) in [6.07, 6.45) is 2.37. The van der Waals surface area contributed by atoms with Crippen LogP contribution in [0.25, 0.3) is 10.9 Å².